The summed E-state index contributed by atoms with van der Waals surface area (Å²) in [6.07, 6.45) is 48.8. The average Bonchev–Trinajstić information content (AvgIpc) is 3.31. The van der Waals surface area contributed by atoms with Gasteiger partial charge in [0, 0.05) is 50.5 Å². The van der Waals surface area contributed by atoms with Gasteiger partial charge in [-0.25, -0.2) is 0 Å². The van der Waals surface area contributed by atoms with Gasteiger partial charge in [0.15, 0.2) is 0 Å². The zero-order valence-corrected chi connectivity index (χ0v) is 39.9. The molecule has 0 heterocycles. The molecule has 342 valence electrons. The highest BCUT2D eigenvalue weighted by atomic mass is 16.5. The molecule has 10 saturated carbocycles. The molecule has 0 amide bonds. The van der Waals surface area contributed by atoms with Gasteiger partial charge in [0.05, 0.1) is 12.2 Å². The first-order valence-corrected chi connectivity index (χ1v) is 28.1. The Morgan fingerprint density at radius 2 is 0.550 bits per heavy atom. The van der Waals surface area contributed by atoms with E-state index in [1.165, 1.54) is 154 Å². The van der Waals surface area contributed by atoms with Crippen LogP contribution in [0.1, 0.15) is 219 Å². The van der Waals surface area contributed by atoms with Crippen LogP contribution >= 0.6 is 0 Å². The smallest absolute Gasteiger partial charge is 0.0571 e. The van der Waals surface area contributed by atoms with Gasteiger partial charge < -0.3 is 9.47 Å². The van der Waals surface area contributed by atoms with Crippen molar-refractivity contribution in [1.82, 2.24) is 9.80 Å². The standard InChI is InChI=1S/C56H96N2O2/c1-37-5-21-45(22-6-37)57(47-25-9-39(10-26-47)41-13-29-49(59-3)30-14-41)53-35-19-43-18-34-52-54(36-20-44-17-33-51(53)55(43)56(44)52)58(46-23-7-38(2)8-24-46)48-27-11-40(12-28-48)42-15-31-50(60-4)32-16-42/h37-56H,5-36H2,1-4H3. The highest BCUT2D eigenvalue weighted by Crippen LogP contribution is 2.62. The number of hydrogen-bond donors (Lipinski definition) is 0. The lowest BCUT2D eigenvalue weighted by Crippen LogP contribution is -2.64. The molecule has 10 aliphatic rings. The second-order valence-corrected chi connectivity index (χ2v) is 24.9. The van der Waals surface area contributed by atoms with E-state index in [-0.39, 0.29) is 0 Å². The van der Waals surface area contributed by atoms with Crippen LogP contribution in [0.5, 0.6) is 0 Å². The summed E-state index contributed by atoms with van der Waals surface area (Å²) >= 11 is 0. The van der Waals surface area contributed by atoms with Gasteiger partial charge in [-0.2, -0.15) is 0 Å². The van der Waals surface area contributed by atoms with E-state index < -0.39 is 0 Å². The molecule has 10 rings (SSSR count). The van der Waals surface area contributed by atoms with E-state index in [4.69, 9.17) is 9.47 Å². The molecule has 4 heteroatoms. The minimum Gasteiger partial charge on any atom is -0.381 e. The molecule has 0 radical (unpaired) electrons. The molecule has 0 aromatic carbocycles. The summed E-state index contributed by atoms with van der Waals surface area (Å²) in [5.41, 5.74) is 0. The Morgan fingerprint density at radius 3 is 0.867 bits per heavy atom. The zero-order chi connectivity index (χ0) is 40.7. The van der Waals surface area contributed by atoms with Crippen LogP contribution in [-0.2, 0) is 9.47 Å². The fourth-order valence-electron chi connectivity index (χ4n) is 19.1. The average molecular weight is 829 g/mol. The van der Waals surface area contributed by atoms with E-state index in [9.17, 15) is 0 Å². The van der Waals surface area contributed by atoms with Crippen LogP contribution in [0.15, 0.2) is 0 Å². The molecule has 0 aromatic rings. The first-order valence-electron chi connectivity index (χ1n) is 28.1. The van der Waals surface area contributed by atoms with Crippen molar-refractivity contribution >= 4 is 0 Å². The van der Waals surface area contributed by atoms with Crippen molar-refractivity contribution in [2.45, 2.75) is 268 Å². The minimum absolute atomic E-state index is 0.543. The fourth-order valence-corrected chi connectivity index (χ4v) is 19.1. The number of hydrogen-bond acceptors (Lipinski definition) is 4. The quantitative estimate of drug-likeness (QED) is 0.219. The van der Waals surface area contributed by atoms with E-state index in [2.05, 4.69) is 23.6 Å². The molecule has 10 fully saturated rings. The van der Waals surface area contributed by atoms with Crippen LogP contribution in [0.25, 0.3) is 0 Å². The molecule has 0 bridgehead atoms. The highest BCUT2D eigenvalue weighted by Gasteiger charge is 2.58. The van der Waals surface area contributed by atoms with Gasteiger partial charge in [0.25, 0.3) is 0 Å². The van der Waals surface area contributed by atoms with Crippen molar-refractivity contribution in [2.75, 3.05) is 14.2 Å². The van der Waals surface area contributed by atoms with Gasteiger partial charge in [-0.3, -0.25) is 9.80 Å². The van der Waals surface area contributed by atoms with Crippen LogP contribution in [0.3, 0.4) is 0 Å². The van der Waals surface area contributed by atoms with Crippen LogP contribution in [0.2, 0.25) is 0 Å². The molecule has 8 unspecified atom stereocenters. The Balaban J connectivity index is 0.864. The largest absolute Gasteiger partial charge is 0.381 e. The minimum atomic E-state index is 0.543. The maximum absolute atomic E-state index is 5.80. The second kappa shape index (κ2) is 19.7. The van der Waals surface area contributed by atoms with Gasteiger partial charge >= 0.3 is 0 Å². The SMILES string of the molecule is COC1CCC(C2CCC(N(C3CCC(C)CC3)C3CCC4CCC5C6C(CCC3C46)CCC5N(C3CCC(C)CC3)C3CCC(C4CCC(OC)CC4)CC3)CC2)CC1. The predicted octanol–water partition coefficient (Wildman–Crippen LogP) is 13.9. The lowest BCUT2D eigenvalue weighted by molar-refractivity contribution is -0.150. The van der Waals surface area contributed by atoms with Gasteiger partial charge in [-0.05, 0) is 276 Å². The van der Waals surface area contributed by atoms with Crippen LogP contribution < -0.4 is 0 Å². The third-order valence-electron chi connectivity index (χ3n) is 22.3. The Hall–Kier alpha value is -0.160. The molecule has 0 saturated heterocycles. The summed E-state index contributed by atoms with van der Waals surface area (Å²) in [6.45, 7) is 5.13. The van der Waals surface area contributed by atoms with Crippen molar-refractivity contribution in [2.24, 2.45) is 71.0 Å². The maximum atomic E-state index is 5.80. The summed E-state index contributed by atoms with van der Waals surface area (Å²) in [7, 11) is 3.90. The Bertz CT molecular complexity index is 1210. The molecule has 8 atom stereocenters. The Morgan fingerprint density at radius 1 is 0.283 bits per heavy atom. The van der Waals surface area contributed by atoms with Crippen LogP contribution in [0, 0.1) is 71.0 Å². The fraction of sp³-hybridized carbons (Fsp3) is 1.00. The topological polar surface area (TPSA) is 24.9 Å². The van der Waals surface area contributed by atoms with Crippen molar-refractivity contribution in [3.63, 3.8) is 0 Å². The molecule has 4 nitrogen and oxygen atoms in total. The Kier molecular flexibility index (Phi) is 14.4. The van der Waals surface area contributed by atoms with Crippen molar-refractivity contribution in [1.29, 1.82) is 0 Å². The summed E-state index contributed by atoms with van der Waals surface area (Å²) in [5, 5.41) is 0. The summed E-state index contributed by atoms with van der Waals surface area (Å²) in [4.78, 5) is 6.84. The maximum Gasteiger partial charge on any atom is 0.0571 e. The van der Waals surface area contributed by atoms with Crippen LogP contribution in [0.4, 0.5) is 0 Å². The third kappa shape index (κ3) is 9.03. The molecular formula is C56H96N2O2. The molecule has 10 aliphatic carbocycles. The molecule has 0 N–H and O–H groups in total. The molecule has 0 aromatic heterocycles. The number of rotatable bonds is 10. The van der Waals surface area contributed by atoms with Gasteiger partial charge in [0.2, 0.25) is 0 Å². The lowest BCUT2D eigenvalue weighted by atomic mass is 9.46. The normalized spacial score (nSPS) is 50.3. The van der Waals surface area contributed by atoms with E-state index in [1.54, 1.807) is 51.4 Å². The van der Waals surface area contributed by atoms with Gasteiger partial charge in [-0.1, -0.05) is 13.8 Å². The first-order chi connectivity index (χ1) is 29.4. The molecule has 0 spiro atoms. The van der Waals surface area contributed by atoms with E-state index >= 15 is 0 Å². The summed E-state index contributed by atoms with van der Waals surface area (Å²) < 4.78 is 11.6. The lowest BCUT2D eigenvalue weighted by Gasteiger charge is -2.64. The monoisotopic (exact) mass is 829 g/mol. The summed E-state index contributed by atoms with van der Waals surface area (Å²) in [6, 6.07) is 5.31. The van der Waals surface area contributed by atoms with Gasteiger partial charge in [0.1, 0.15) is 0 Å². The zero-order valence-electron chi connectivity index (χ0n) is 39.9. The van der Waals surface area contributed by atoms with E-state index in [1.807, 2.05) is 14.2 Å². The number of ether oxygens (including phenoxy) is 2. The third-order valence-corrected chi connectivity index (χ3v) is 22.3. The predicted molar refractivity (Wildman–Crippen MR) is 249 cm³/mol. The van der Waals surface area contributed by atoms with E-state index in [0.29, 0.717) is 12.2 Å². The number of nitrogens with zero attached hydrogens (tertiary/aromatic N) is 2. The van der Waals surface area contributed by atoms with Crippen molar-refractivity contribution in [3.05, 3.63) is 0 Å². The highest BCUT2D eigenvalue weighted by molar-refractivity contribution is 5.10. The molecule has 0 aliphatic heterocycles. The van der Waals surface area contributed by atoms with E-state index in [0.717, 1.165) is 107 Å². The van der Waals surface area contributed by atoms with Gasteiger partial charge in [-0.15, -0.1) is 0 Å². The second-order valence-electron chi connectivity index (χ2n) is 24.9. The Labute approximate surface area is 370 Å². The van der Waals surface area contributed by atoms with Crippen LogP contribution in [-0.4, -0.2) is 72.5 Å². The molecule has 60 heavy (non-hydrogen) atoms. The summed E-state index contributed by atoms with van der Waals surface area (Å²) in [5.74, 6) is 12.1. The van der Waals surface area contributed by atoms with Crippen molar-refractivity contribution in [3.8, 4) is 0 Å². The van der Waals surface area contributed by atoms with Crippen molar-refractivity contribution < 1.29 is 9.47 Å². The molecular weight excluding hydrogens is 733 g/mol. The first kappa shape index (κ1) is 43.7. The number of methoxy groups -OCH3 is 2.